The Morgan fingerprint density at radius 3 is 2.54 bits per heavy atom. The van der Waals surface area contributed by atoms with Gasteiger partial charge in [-0.25, -0.2) is 13.6 Å². The molecule has 3 aromatic rings. The van der Waals surface area contributed by atoms with Gasteiger partial charge in [0.25, 0.3) is 0 Å². The number of hydrogen-bond acceptors (Lipinski definition) is 4. The average Bonchev–Trinajstić information content (AvgIpc) is 2.88. The van der Waals surface area contributed by atoms with Crippen molar-refractivity contribution in [3.8, 4) is 11.4 Å². The molecule has 0 aliphatic rings. The van der Waals surface area contributed by atoms with Gasteiger partial charge in [0.05, 0.1) is 11.4 Å². The van der Waals surface area contributed by atoms with Gasteiger partial charge < -0.3 is 0 Å². The Morgan fingerprint density at radius 1 is 1.21 bits per heavy atom. The van der Waals surface area contributed by atoms with E-state index in [0.717, 1.165) is 5.56 Å². The van der Waals surface area contributed by atoms with Crippen molar-refractivity contribution in [1.82, 2.24) is 14.8 Å². The van der Waals surface area contributed by atoms with Crippen molar-refractivity contribution in [2.45, 2.75) is 11.4 Å². The fourth-order valence-electron chi connectivity index (χ4n) is 2.21. The number of primary sulfonamides is 1. The molecule has 0 aliphatic carbocycles. The molecule has 0 saturated carbocycles. The highest BCUT2D eigenvalue weighted by molar-refractivity contribution is 7.89. The first-order chi connectivity index (χ1) is 11.3. The van der Waals surface area contributed by atoms with Crippen LogP contribution in [0.4, 0.5) is 0 Å². The van der Waals surface area contributed by atoms with E-state index >= 15 is 0 Å². The van der Waals surface area contributed by atoms with Crippen LogP contribution >= 0.6 is 23.8 Å². The minimum Gasteiger partial charge on any atom is -0.279 e. The number of aromatic nitrogens is 3. The molecule has 6 nitrogen and oxygen atoms in total. The quantitative estimate of drug-likeness (QED) is 0.680. The molecular formula is C15H13ClN4O2S2. The maximum Gasteiger partial charge on any atom is 0.238 e. The Labute approximate surface area is 149 Å². The number of halogens is 1. The number of benzene rings is 2. The lowest BCUT2D eigenvalue weighted by molar-refractivity contribution is 0.598. The average molecular weight is 381 g/mol. The summed E-state index contributed by atoms with van der Waals surface area (Å²) < 4.78 is 24.7. The molecule has 124 valence electrons. The van der Waals surface area contributed by atoms with Gasteiger partial charge in [0.2, 0.25) is 14.8 Å². The van der Waals surface area contributed by atoms with Crippen molar-refractivity contribution >= 4 is 33.8 Å². The topological polar surface area (TPSA) is 93.8 Å². The molecule has 0 saturated heterocycles. The van der Waals surface area contributed by atoms with Crippen molar-refractivity contribution in [3.63, 3.8) is 0 Å². The number of aromatic amines is 1. The highest BCUT2D eigenvalue weighted by Crippen LogP contribution is 2.18. The van der Waals surface area contributed by atoms with Gasteiger partial charge in [0, 0.05) is 10.6 Å². The summed E-state index contributed by atoms with van der Waals surface area (Å²) in [6, 6.07) is 13.6. The highest BCUT2D eigenvalue weighted by atomic mass is 35.5. The Hall–Kier alpha value is -2.00. The van der Waals surface area contributed by atoms with Crippen LogP contribution in [-0.2, 0) is 16.6 Å². The van der Waals surface area contributed by atoms with Crippen LogP contribution in [0.25, 0.3) is 11.4 Å². The number of nitrogens with one attached hydrogen (secondary N) is 1. The maximum atomic E-state index is 11.3. The van der Waals surface area contributed by atoms with Gasteiger partial charge in [-0.3, -0.25) is 9.78 Å². The first kappa shape index (κ1) is 16.8. The molecule has 0 aliphatic heterocycles. The molecule has 1 heterocycles. The van der Waals surface area contributed by atoms with Crippen LogP contribution in [0.5, 0.6) is 0 Å². The predicted octanol–water partition coefficient (Wildman–Crippen LogP) is 2.96. The van der Waals surface area contributed by atoms with E-state index < -0.39 is 10.0 Å². The van der Waals surface area contributed by atoms with Gasteiger partial charge in [-0.2, -0.15) is 4.98 Å². The van der Waals surface area contributed by atoms with Crippen molar-refractivity contribution < 1.29 is 8.42 Å². The lowest BCUT2D eigenvalue weighted by Gasteiger charge is -2.03. The third kappa shape index (κ3) is 3.73. The van der Waals surface area contributed by atoms with Gasteiger partial charge in [-0.15, -0.1) is 0 Å². The second kappa shape index (κ2) is 6.48. The van der Waals surface area contributed by atoms with E-state index in [2.05, 4.69) is 10.1 Å². The summed E-state index contributed by atoms with van der Waals surface area (Å²) in [5, 5.41) is 8.84. The van der Waals surface area contributed by atoms with Gasteiger partial charge in [0.1, 0.15) is 0 Å². The van der Waals surface area contributed by atoms with Crippen LogP contribution in [-0.4, -0.2) is 23.2 Å². The molecule has 0 radical (unpaired) electrons. The normalized spacial score (nSPS) is 11.6. The van der Waals surface area contributed by atoms with Crippen LogP contribution in [0, 0.1) is 4.77 Å². The van der Waals surface area contributed by atoms with Gasteiger partial charge >= 0.3 is 0 Å². The van der Waals surface area contributed by atoms with Crippen LogP contribution in [0.3, 0.4) is 0 Å². The Bertz CT molecular complexity index is 1040. The van der Waals surface area contributed by atoms with E-state index in [-0.39, 0.29) is 4.90 Å². The number of sulfonamides is 1. The Balaban J connectivity index is 1.90. The standard InChI is InChI=1S/C15H13ClN4O2S2/c16-12-3-1-2-10(8-12)9-20-15(23)18-14(19-20)11-4-6-13(7-5-11)24(17,21)22/h1-8H,9H2,(H2,17,21,22)(H,18,19,23). The molecule has 0 fully saturated rings. The van der Waals surface area contributed by atoms with Crippen LogP contribution in [0.2, 0.25) is 5.02 Å². The Kier molecular flexibility index (Phi) is 4.55. The molecule has 9 heteroatoms. The minimum absolute atomic E-state index is 0.0446. The predicted molar refractivity (Wildman–Crippen MR) is 94.8 cm³/mol. The van der Waals surface area contributed by atoms with Gasteiger partial charge in [-0.1, -0.05) is 23.7 Å². The van der Waals surface area contributed by atoms with E-state index in [1.807, 2.05) is 18.2 Å². The first-order valence-electron chi connectivity index (χ1n) is 6.87. The summed E-state index contributed by atoms with van der Waals surface area (Å²) in [6.45, 7) is 0.502. The molecule has 0 unspecified atom stereocenters. The van der Waals surface area contributed by atoms with E-state index in [4.69, 9.17) is 29.0 Å². The monoisotopic (exact) mass is 380 g/mol. The number of nitrogens with zero attached hydrogens (tertiary/aromatic N) is 2. The van der Waals surface area contributed by atoms with Crippen molar-refractivity contribution in [1.29, 1.82) is 0 Å². The fraction of sp³-hybridized carbons (Fsp3) is 0.0667. The number of nitrogens with two attached hydrogens (primary N) is 1. The third-order valence-electron chi connectivity index (χ3n) is 3.37. The van der Waals surface area contributed by atoms with Crippen molar-refractivity contribution in [2.75, 3.05) is 0 Å². The van der Waals surface area contributed by atoms with Crippen LogP contribution in [0.1, 0.15) is 5.56 Å². The van der Waals surface area contributed by atoms with Crippen molar-refractivity contribution in [3.05, 3.63) is 63.9 Å². The summed E-state index contributed by atoms with van der Waals surface area (Å²) in [4.78, 5) is 4.34. The molecular weight excluding hydrogens is 368 g/mol. The lowest BCUT2D eigenvalue weighted by Crippen LogP contribution is -2.11. The smallest absolute Gasteiger partial charge is 0.238 e. The SMILES string of the molecule is NS(=O)(=O)c1ccc(-c2nc(=S)n(Cc3cccc(Cl)c3)[nH]2)cc1. The molecule has 0 amide bonds. The van der Waals surface area contributed by atoms with Crippen LogP contribution < -0.4 is 5.14 Å². The first-order valence-corrected chi connectivity index (χ1v) is 9.21. The molecule has 0 atom stereocenters. The second-order valence-corrected chi connectivity index (χ2v) is 7.50. The van der Waals surface area contributed by atoms with E-state index in [1.54, 1.807) is 22.9 Å². The molecule has 0 bridgehead atoms. The summed E-state index contributed by atoms with van der Waals surface area (Å²) in [5.41, 5.74) is 1.69. The fourth-order valence-corrected chi connectivity index (χ4v) is 3.14. The number of H-pyrrole nitrogens is 1. The Morgan fingerprint density at radius 2 is 1.92 bits per heavy atom. The minimum atomic E-state index is -3.72. The van der Waals surface area contributed by atoms with E-state index in [9.17, 15) is 8.42 Å². The molecule has 2 aromatic carbocycles. The largest absolute Gasteiger partial charge is 0.279 e. The summed E-state index contributed by atoms with van der Waals surface area (Å²) in [7, 11) is -3.72. The molecule has 24 heavy (non-hydrogen) atoms. The van der Waals surface area contributed by atoms with Crippen LogP contribution in [0.15, 0.2) is 53.4 Å². The molecule has 3 N–H and O–H groups in total. The summed E-state index contributed by atoms with van der Waals surface area (Å²) in [5.74, 6) is 0.544. The molecule has 0 spiro atoms. The summed E-state index contributed by atoms with van der Waals surface area (Å²) >= 11 is 11.2. The zero-order valence-electron chi connectivity index (χ0n) is 12.3. The second-order valence-electron chi connectivity index (χ2n) is 5.14. The number of hydrogen-bond donors (Lipinski definition) is 2. The van der Waals surface area contributed by atoms with Gasteiger partial charge in [0.15, 0.2) is 5.82 Å². The molecule has 3 rings (SSSR count). The zero-order chi connectivity index (χ0) is 17.3. The van der Waals surface area contributed by atoms with Gasteiger partial charge in [-0.05, 0) is 54.2 Å². The third-order valence-corrected chi connectivity index (χ3v) is 4.84. The molecule has 1 aromatic heterocycles. The maximum absolute atomic E-state index is 11.3. The lowest BCUT2D eigenvalue weighted by atomic mass is 10.2. The van der Waals surface area contributed by atoms with Crippen molar-refractivity contribution in [2.24, 2.45) is 5.14 Å². The summed E-state index contributed by atoms with van der Waals surface area (Å²) in [6.07, 6.45) is 0. The number of rotatable bonds is 4. The zero-order valence-corrected chi connectivity index (χ0v) is 14.7. The van der Waals surface area contributed by atoms with E-state index in [0.29, 0.717) is 27.7 Å². The van der Waals surface area contributed by atoms with E-state index in [1.165, 1.54) is 12.1 Å². The highest BCUT2D eigenvalue weighted by Gasteiger charge is 2.10.